The first kappa shape index (κ1) is 9.75. The summed E-state index contributed by atoms with van der Waals surface area (Å²) in [7, 11) is 1.53. The summed E-state index contributed by atoms with van der Waals surface area (Å²) in [5.74, 6) is 0. The lowest BCUT2D eigenvalue weighted by molar-refractivity contribution is -0.141. The van der Waals surface area contributed by atoms with Gasteiger partial charge in [-0.25, -0.2) is 0 Å². The van der Waals surface area contributed by atoms with Gasteiger partial charge in [0.15, 0.2) is 11.1 Å². The van der Waals surface area contributed by atoms with Gasteiger partial charge in [-0.2, -0.15) is 18.3 Å². The summed E-state index contributed by atoms with van der Waals surface area (Å²) >= 11 is 0. The van der Waals surface area contributed by atoms with Gasteiger partial charge < -0.3 is 4.98 Å². The highest BCUT2D eigenvalue weighted by molar-refractivity contribution is 5.73. The molecule has 0 atom stereocenters. The van der Waals surface area contributed by atoms with Crippen LogP contribution in [0.4, 0.5) is 13.2 Å². The van der Waals surface area contributed by atoms with Crippen LogP contribution in [0, 0.1) is 0 Å². The molecule has 0 saturated carbocycles. The topological polar surface area (TPSA) is 50.7 Å². The molecule has 2 aromatic heterocycles. The average Bonchev–Trinajstić information content (AvgIpc) is 2.44. The monoisotopic (exact) mass is 217 g/mol. The molecular weight excluding hydrogens is 211 g/mol. The molecule has 0 saturated heterocycles. The summed E-state index contributed by atoms with van der Waals surface area (Å²) in [6, 6.07) is 0.532. The molecule has 0 spiro atoms. The fourth-order valence-electron chi connectivity index (χ4n) is 1.29. The third-order valence-corrected chi connectivity index (χ3v) is 1.93. The Morgan fingerprint density at radius 3 is 2.73 bits per heavy atom. The summed E-state index contributed by atoms with van der Waals surface area (Å²) in [6.07, 6.45) is -3.20. The van der Waals surface area contributed by atoms with E-state index in [9.17, 15) is 18.0 Å². The normalized spacial score (nSPS) is 12.3. The Hall–Kier alpha value is -1.79. The zero-order valence-corrected chi connectivity index (χ0v) is 7.59. The fourth-order valence-corrected chi connectivity index (χ4v) is 1.29. The van der Waals surface area contributed by atoms with Crippen LogP contribution in [0.3, 0.4) is 0 Å². The first-order valence-corrected chi connectivity index (χ1v) is 4.02. The van der Waals surface area contributed by atoms with Gasteiger partial charge in [0, 0.05) is 19.3 Å². The summed E-state index contributed by atoms with van der Waals surface area (Å²) < 4.78 is 38.2. The number of nitrogens with one attached hydrogen (secondary N) is 1. The summed E-state index contributed by atoms with van der Waals surface area (Å²) in [4.78, 5) is 13.4. The van der Waals surface area contributed by atoms with Crippen molar-refractivity contribution < 1.29 is 13.2 Å². The summed E-state index contributed by atoms with van der Waals surface area (Å²) in [5.41, 5.74) is -1.83. The Bertz CT molecular complexity index is 566. The lowest BCUT2D eigenvalue weighted by Gasteiger charge is -2.04. The fraction of sp³-hybridized carbons (Fsp3) is 0.250. The van der Waals surface area contributed by atoms with E-state index in [1.165, 1.54) is 17.9 Å². The molecule has 0 radical (unpaired) electrons. The number of rotatable bonds is 0. The minimum atomic E-state index is -4.56. The highest BCUT2D eigenvalue weighted by Gasteiger charge is 2.32. The van der Waals surface area contributed by atoms with Crippen molar-refractivity contribution in [3.8, 4) is 0 Å². The van der Waals surface area contributed by atoms with E-state index in [1.54, 1.807) is 0 Å². The first-order valence-electron chi connectivity index (χ1n) is 4.02. The van der Waals surface area contributed by atoms with E-state index in [0.29, 0.717) is 6.07 Å². The summed E-state index contributed by atoms with van der Waals surface area (Å²) in [6.45, 7) is 0. The number of aryl methyl sites for hydroxylation is 1. The van der Waals surface area contributed by atoms with Crippen molar-refractivity contribution in [1.29, 1.82) is 0 Å². The quantitative estimate of drug-likeness (QED) is 0.722. The second-order valence-corrected chi connectivity index (χ2v) is 3.11. The lowest BCUT2D eigenvalue weighted by atomic mass is 10.3. The van der Waals surface area contributed by atoms with E-state index in [1.807, 2.05) is 0 Å². The Balaban J connectivity index is 2.78. The number of halogens is 3. The standard InChI is InChI=1S/C8H6F3N3O/c1-14-3-4-5(15)2-6(8(9,10)11)12-7(4)13-14/h2-3H,1H3,(H,12,13). The van der Waals surface area contributed by atoms with E-state index >= 15 is 0 Å². The van der Waals surface area contributed by atoms with Gasteiger partial charge in [-0.1, -0.05) is 0 Å². The molecule has 0 aliphatic rings. The molecule has 0 aliphatic carbocycles. The minimum absolute atomic E-state index is 0.0580. The molecule has 1 N–H and O–H groups in total. The van der Waals surface area contributed by atoms with E-state index in [0.717, 1.165) is 0 Å². The van der Waals surface area contributed by atoms with E-state index in [4.69, 9.17) is 0 Å². The number of hydrogen-bond acceptors (Lipinski definition) is 2. The molecule has 2 heterocycles. The smallest absolute Gasteiger partial charge is 0.334 e. The maximum Gasteiger partial charge on any atom is 0.431 e. The van der Waals surface area contributed by atoms with Crippen LogP contribution in [-0.2, 0) is 13.2 Å². The van der Waals surface area contributed by atoms with Gasteiger partial charge in [0.25, 0.3) is 0 Å². The number of fused-ring (bicyclic) bond motifs is 1. The molecular formula is C8H6F3N3O. The molecule has 2 rings (SSSR count). The molecule has 4 nitrogen and oxygen atoms in total. The molecule has 0 amide bonds. The first-order chi connectivity index (χ1) is 6.88. The number of pyridine rings is 1. The zero-order valence-electron chi connectivity index (χ0n) is 7.59. The maximum atomic E-state index is 12.3. The zero-order chi connectivity index (χ0) is 11.2. The van der Waals surface area contributed by atoms with Crippen molar-refractivity contribution >= 4 is 11.0 Å². The van der Waals surface area contributed by atoms with Crippen LogP contribution in [0.1, 0.15) is 5.69 Å². The number of alkyl halides is 3. The van der Waals surface area contributed by atoms with Crippen LogP contribution in [0.15, 0.2) is 17.1 Å². The Labute approximate surface area is 81.3 Å². The van der Waals surface area contributed by atoms with Gasteiger partial charge in [-0.05, 0) is 0 Å². The van der Waals surface area contributed by atoms with Crippen LogP contribution < -0.4 is 5.43 Å². The number of aromatic amines is 1. The molecule has 15 heavy (non-hydrogen) atoms. The lowest BCUT2D eigenvalue weighted by Crippen LogP contribution is -2.13. The van der Waals surface area contributed by atoms with Gasteiger partial charge in [0.05, 0.1) is 5.39 Å². The maximum absolute atomic E-state index is 12.3. The van der Waals surface area contributed by atoms with Crippen LogP contribution in [0.5, 0.6) is 0 Å². The Morgan fingerprint density at radius 1 is 1.47 bits per heavy atom. The third-order valence-electron chi connectivity index (χ3n) is 1.93. The number of H-pyrrole nitrogens is 1. The second-order valence-electron chi connectivity index (χ2n) is 3.11. The highest BCUT2D eigenvalue weighted by atomic mass is 19.4. The number of hydrogen-bond donors (Lipinski definition) is 1. The molecule has 0 bridgehead atoms. The predicted molar refractivity (Wildman–Crippen MR) is 46.3 cm³/mol. The minimum Gasteiger partial charge on any atom is -0.334 e. The SMILES string of the molecule is Cn1cc2c(=O)cc(C(F)(F)F)[nH]c2n1. The van der Waals surface area contributed by atoms with Crippen molar-refractivity contribution in [2.24, 2.45) is 7.05 Å². The molecule has 0 aliphatic heterocycles. The highest BCUT2D eigenvalue weighted by Crippen LogP contribution is 2.27. The van der Waals surface area contributed by atoms with E-state index in [-0.39, 0.29) is 11.0 Å². The molecule has 0 fully saturated rings. The van der Waals surface area contributed by atoms with Crippen molar-refractivity contribution in [3.63, 3.8) is 0 Å². The third kappa shape index (κ3) is 1.60. The molecule has 80 valence electrons. The van der Waals surface area contributed by atoms with Crippen LogP contribution in [0.25, 0.3) is 11.0 Å². The van der Waals surface area contributed by atoms with Crippen molar-refractivity contribution in [2.75, 3.05) is 0 Å². The van der Waals surface area contributed by atoms with Gasteiger partial charge in [0.1, 0.15) is 5.69 Å². The number of nitrogens with zero attached hydrogens (tertiary/aromatic N) is 2. The Morgan fingerprint density at radius 2 is 2.13 bits per heavy atom. The van der Waals surface area contributed by atoms with Crippen molar-refractivity contribution in [1.82, 2.24) is 14.8 Å². The predicted octanol–water partition coefficient (Wildman–Crippen LogP) is 1.28. The summed E-state index contributed by atoms with van der Waals surface area (Å²) in [5, 5.41) is 3.85. The molecule has 0 unspecified atom stereocenters. The largest absolute Gasteiger partial charge is 0.431 e. The molecule has 0 aromatic carbocycles. The van der Waals surface area contributed by atoms with E-state index < -0.39 is 17.3 Å². The Kier molecular flexibility index (Phi) is 1.85. The van der Waals surface area contributed by atoms with Gasteiger partial charge in [-0.15, -0.1) is 0 Å². The van der Waals surface area contributed by atoms with Crippen LogP contribution in [0.2, 0.25) is 0 Å². The molecule has 7 heteroatoms. The average molecular weight is 217 g/mol. The number of aromatic nitrogens is 3. The van der Waals surface area contributed by atoms with Crippen LogP contribution >= 0.6 is 0 Å². The van der Waals surface area contributed by atoms with E-state index in [2.05, 4.69) is 10.1 Å². The van der Waals surface area contributed by atoms with Gasteiger partial charge >= 0.3 is 6.18 Å². The van der Waals surface area contributed by atoms with Gasteiger partial charge in [0.2, 0.25) is 0 Å². The van der Waals surface area contributed by atoms with Crippen LogP contribution in [-0.4, -0.2) is 14.8 Å². The van der Waals surface area contributed by atoms with Crippen molar-refractivity contribution in [2.45, 2.75) is 6.18 Å². The van der Waals surface area contributed by atoms with Gasteiger partial charge in [-0.3, -0.25) is 9.48 Å². The second kappa shape index (κ2) is 2.85. The van der Waals surface area contributed by atoms with Crippen molar-refractivity contribution in [3.05, 3.63) is 28.2 Å². The molecule has 2 aromatic rings.